The molecule has 0 unspecified atom stereocenters. The molecule has 0 bridgehead atoms. The maximum atomic E-state index is 13.4. The van der Waals surface area contributed by atoms with Gasteiger partial charge in [-0.15, -0.1) is 12.4 Å². The van der Waals surface area contributed by atoms with Crippen molar-refractivity contribution in [3.05, 3.63) is 29.6 Å². The Morgan fingerprint density at radius 2 is 2.00 bits per heavy atom. The molecule has 1 fully saturated rings. The molecular formula is C15H21ClFNO2. The van der Waals surface area contributed by atoms with Gasteiger partial charge in [-0.25, -0.2) is 4.39 Å². The van der Waals surface area contributed by atoms with Crippen molar-refractivity contribution >= 4 is 24.1 Å². The summed E-state index contributed by atoms with van der Waals surface area (Å²) in [5.41, 5.74) is 6.64. The van der Waals surface area contributed by atoms with Gasteiger partial charge in [0, 0.05) is 0 Å². The largest absolute Gasteiger partial charge is 0.466 e. The molecule has 0 aromatic heterocycles. The van der Waals surface area contributed by atoms with Crippen molar-refractivity contribution in [1.29, 1.82) is 0 Å². The molecule has 0 saturated heterocycles. The number of hydrogen-bond donors (Lipinski definition) is 1. The zero-order valence-electron chi connectivity index (χ0n) is 11.6. The molecule has 1 aliphatic carbocycles. The number of halogens is 2. The second kappa shape index (κ2) is 7.48. The third-order valence-electron chi connectivity index (χ3n) is 3.84. The van der Waals surface area contributed by atoms with Crippen LogP contribution in [0.2, 0.25) is 0 Å². The average Bonchev–Trinajstić information content (AvgIpc) is 2.42. The van der Waals surface area contributed by atoms with E-state index in [2.05, 4.69) is 0 Å². The Bertz CT molecular complexity index is 459. The van der Waals surface area contributed by atoms with Gasteiger partial charge in [0.05, 0.1) is 18.2 Å². The summed E-state index contributed by atoms with van der Waals surface area (Å²) in [6, 6.07) is 5.01. The fourth-order valence-corrected chi connectivity index (χ4v) is 2.72. The van der Waals surface area contributed by atoms with E-state index in [9.17, 15) is 9.18 Å². The van der Waals surface area contributed by atoms with Gasteiger partial charge in [0.15, 0.2) is 0 Å². The topological polar surface area (TPSA) is 52.3 Å². The van der Waals surface area contributed by atoms with Gasteiger partial charge in [-0.3, -0.25) is 4.79 Å². The maximum absolute atomic E-state index is 13.4. The number of hydrogen-bond acceptors (Lipinski definition) is 3. The molecule has 112 valence electrons. The third kappa shape index (κ3) is 3.85. The van der Waals surface area contributed by atoms with Gasteiger partial charge in [-0.05, 0) is 56.2 Å². The van der Waals surface area contributed by atoms with Gasteiger partial charge in [0.25, 0.3) is 0 Å². The Morgan fingerprint density at radius 3 is 2.55 bits per heavy atom. The van der Waals surface area contributed by atoms with Gasteiger partial charge in [0.2, 0.25) is 0 Å². The minimum atomic E-state index is -0.356. The molecule has 0 amide bonds. The highest BCUT2D eigenvalue weighted by molar-refractivity contribution is 5.85. The first kappa shape index (κ1) is 16.8. The van der Waals surface area contributed by atoms with Crippen molar-refractivity contribution in [3.63, 3.8) is 0 Å². The average molecular weight is 302 g/mol. The summed E-state index contributed by atoms with van der Waals surface area (Å²) in [5.74, 6) is -0.120. The maximum Gasteiger partial charge on any atom is 0.308 e. The minimum Gasteiger partial charge on any atom is -0.466 e. The molecule has 3 nitrogen and oxygen atoms in total. The van der Waals surface area contributed by atoms with Crippen LogP contribution in [0.3, 0.4) is 0 Å². The number of carbonyl (C=O) groups is 1. The fourth-order valence-electron chi connectivity index (χ4n) is 2.72. The highest BCUT2D eigenvalue weighted by Gasteiger charge is 2.28. The summed E-state index contributed by atoms with van der Waals surface area (Å²) in [7, 11) is 0. The van der Waals surface area contributed by atoms with E-state index in [0.717, 1.165) is 31.2 Å². The smallest absolute Gasteiger partial charge is 0.308 e. The van der Waals surface area contributed by atoms with Crippen LogP contribution in [0.5, 0.6) is 0 Å². The lowest BCUT2D eigenvalue weighted by Crippen LogP contribution is -2.23. The Hall–Kier alpha value is -1.29. The zero-order chi connectivity index (χ0) is 13.8. The molecule has 20 heavy (non-hydrogen) atoms. The van der Waals surface area contributed by atoms with E-state index in [4.69, 9.17) is 10.5 Å². The van der Waals surface area contributed by atoms with Crippen molar-refractivity contribution in [2.45, 2.75) is 38.5 Å². The van der Waals surface area contributed by atoms with E-state index >= 15 is 0 Å². The normalized spacial score (nSPS) is 21.9. The first-order chi connectivity index (χ1) is 9.11. The van der Waals surface area contributed by atoms with Crippen molar-refractivity contribution in [1.82, 2.24) is 0 Å². The second-order valence-electron chi connectivity index (χ2n) is 5.08. The number of nitrogens with two attached hydrogens (primary N) is 1. The lowest BCUT2D eigenvalue weighted by atomic mass is 9.78. The molecule has 1 aliphatic rings. The monoisotopic (exact) mass is 301 g/mol. The number of carbonyl (C=O) groups excluding carboxylic acids is 1. The van der Waals surface area contributed by atoms with Crippen molar-refractivity contribution in [2.24, 2.45) is 5.92 Å². The highest BCUT2D eigenvalue weighted by atomic mass is 35.5. The molecule has 2 N–H and O–H groups in total. The number of benzene rings is 1. The predicted molar refractivity (Wildman–Crippen MR) is 79.4 cm³/mol. The molecule has 1 saturated carbocycles. The quantitative estimate of drug-likeness (QED) is 0.684. The van der Waals surface area contributed by atoms with Crippen LogP contribution in [0.1, 0.15) is 44.1 Å². The summed E-state index contributed by atoms with van der Waals surface area (Å²) in [6.07, 6.45) is 3.42. The summed E-state index contributed by atoms with van der Waals surface area (Å²) in [6.45, 7) is 2.25. The van der Waals surface area contributed by atoms with Gasteiger partial charge in [-0.1, -0.05) is 6.07 Å². The molecule has 0 atom stereocenters. The lowest BCUT2D eigenvalue weighted by molar-refractivity contribution is -0.149. The lowest BCUT2D eigenvalue weighted by Gasteiger charge is -2.27. The molecule has 5 heteroatoms. The van der Waals surface area contributed by atoms with E-state index in [1.54, 1.807) is 6.07 Å². The highest BCUT2D eigenvalue weighted by Crippen LogP contribution is 2.36. The Morgan fingerprint density at radius 1 is 1.35 bits per heavy atom. The van der Waals surface area contributed by atoms with E-state index in [1.165, 1.54) is 6.07 Å². The molecular weight excluding hydrogens is 281 g/mol. The second-order valence-corrected chi connectivity index (χ2v) is 5.08. The van der Waals surface area contributed by atoms with Crippen LogP contribution in [0.4, 0.5) is 10.1 Å². The Balaban J connectivity index is 0.00000200. The third-order valence-corrected chi connectivity index (χ3v) is 3.84. The van der Waals surface area contributed by atoms with Crippen LogP contribution < -0.4 is 5.73 Å². The molecule has 0 radical (unpaired) electrons. The van der Waals surface area contributed by atoms with Crippen LogP contribution in [0.15, 0.2) is 18.2 Å². The summed E-state index contributed by atoms with van der Waals surface area (Å²) < 4.78 is 18.5. The SMILES string of the molecule is CCOC(=O)C1CCC(c2ccc(N)c(F)c2)CC1.Cl. The molecule has 2 rings (SSSR count). The molecule has 0 heterocycles. The van der Waals surface area contributed by atoms with Gasteiger partial charge in [-0.2, -0.15) is 0 Å². The number of anilines is 1. The van der Waals surface area contributed by atoms with E-state index < -0.39 is 0 Å². The zero-order valence-corrected chi connectivity index (χ0v) is 12.4. The first-order valence-electron chi connectivity index (χ1n) is 6.83. The number of ether oxygens (including phenoxy) is 1. The number of nitrogen functional groups attached to an aromatic ring is 1. The number of rotatable bonds is 3. The van der Waals surface area contributed by atoms with E-state index in [-0.39, 0.29) is 35.8 Å². The van der Waals surface area contributed by atoms with Crippen LogP contribution in [0, 0.1) is 11.7 Å². The fraction of sp³-hybridized carbons (Fsp3) is 0.533. The molecule has 0 spiro atoms. The van der Waals surface area contributed by atoms with Gasteiger partial charge in [0.1, 0.15) is 5.82 Å². The Kier molecular flexibility index (Phi) is 6.27. The molecule has 1 aromatic rings. The minimum absolute atomic E-state index is 0. The van der Waals surface area contributed by atoms with Crippen molar-refractivity contribution in [3.8, 4) is 0 Å². The van der Waals surface area contributed by atoms with Crippen LogP contribution >= 0.6 is 12.4 Å². The summed E-state index contributed by atoms with van der Waals surface area (Å²) >= 11 is 0. The van der Waals surface area contributed by atoms with Gasteiger partial charge < -0.3 is 10.5 Å². The number of esters is 1. The summed E-state index contributed by atoms with van der Waals surface area (Å²) in [5, 5.41) is 0. The molecule has 1 aromatic carbocycles. The van der Waals surface area contributed by atoms with Crippen molar-refractivity contribution in [2.75, 3.05) is 12.3 Å². The van der Waals surface area contributed by atoms with E-state index in [1.807, 2.05) is 13.0 Å². The Labute approximate surface area is 125 Å². The van der Waals surface area contributed by atoms with Crippen LogP contribution in [-0.4, -0.2) is 12.6 Å². The predicted octanol–water partition coefficient (Wildman–Crippen LogP) is 3.67. The van der Waals surface area contributed by atoms with Crippen LogP contribution in [0.25, 0.3) is 0 Å². The standard InChI is InChI=1S/C15H20FNO2.ClH/c1-2-19-15(18)11-5-3-10(4-6-11)12-7-8-14(17)13(16)9-12;/h7-11H,2-6,17H2,1H3;1H. The summed E-state index contributed by atoms with van der Waals surface area (Å²) in [4.78, 5) is 11.6. The van der Waals surface area contributed by atoms with Gasteiger partial charge >= 0.3 is 5.97 Å². The van der Waals surface area contributed by atoms with Crippen LogP contribution in [-0.2, 0) is 9.53 Å². The van der Waals surface area contributed by atoms with Crippen molar-refractivity contribution < 1.29 is 13.9 Å². The van der Waals surface area contributed by atoms with E-state index in [0.29, 0.717) is 12.5 Å². The molecule has 0 aliphatic heterocycles. The first-order valence-corrected chi connectivity index (χ1v) is 6.83.